The van der Waals surface area contributed by atoms with Crippen molar-refractivity contribution >= 4 is 44.7 Å². The number of aromatic nitrogens is 2. The highest BCUT2D eigenvalue weighted by atomic mass is 35.5. The van der Waals surface area contributed by atoms with Crippen LogP contribution in [0.3, 0.4) is 0 Å². The Kier molecular flexibility index (Phi) is 5.17. The molecule has 2 aromatic carbocycles. The number of thiophene rings is 1. The maximum Gasteiger partial charge on any atom is 0.290 e. The fraction of sp³-hybridized carbons (Fsp3) is 0.0952. The minimum absolute atomic E-state index is 0.117. The van der Waals surface area contributed by atoms with Crippen LogP contribution in [0.5, 0.6) is 0 Å². The van der Waals surface area contributed by atoms with Gasteiger partial charge < -0.3 is 9.88 Å². The van der Waals surface area contributed by atoms with Crippen LogP contribution in [0.1, 0.15) is 12.5 Å². The number of halogens is 2. The maximum absolute atomic E-state index is 14.3. The molecule has 0 aliphatic carbocycles. The zero-order chi connectivity index (χ0) is 20.5. The SMILES string of the molecule is CC(=O)Nc1ccc(-c2cc3c(s2)c(=O)ncn3Cc2ccc(Cl)cc2)cc1F. The number of hydrogen-bond acceptors (Lipinski definition) is 4. The molecule has 0 spiro atoms. The van der Waals surface area contributed by atoms with Gasteiger partial charge in [-0.3, -0.25) is 9.59 Å². The number of carbonyl (C=O) groups excluding carboxylic acids is 1. The summed E-state index contributed by atoms with van der Waals surface area (Å²) in [4.78, 5) is 28.1. The lowest BCUT2D eigenvalue weighted by Gasteiger charge is -2.07. The summed E-state index contributed by atoms with van der Waals surface area (Å²) in [5.74, 6) is -0.881. The second kappa shape index (κ2) is 7.77. The zero-order valence-corrected chi connectivity index (χ0v) is 16.9. The van der Waals surface area contributed by atoms with E-state index in [4.69, 9.17) is 11.6 Å². The molecule has 146 valence electrons. The lowest BCUT2D eigenvalue weighted by Crippen LogP contribution is -2.11. The van der Waals surface area contributed by atoms with Gasteiger partial charge >= 0.3 is 0 Å². The van der Waals surface area contributed by atoms with E-state index in [1.165, 1.54) is 36.7 Å². The van der Waals surface area contributed by atoms with E-state index in [1.807, 2.05) is 34.9 Å². The predicted molar refractivity (Wildman–Crippen MR) is 114 cm³/mol. The normalized spacial score (nSPS) is 11.0. The Bertz CT molecular complexity index is 1280. The Labute approximate surface area is 174 Å². The van der Waals surface area contributed by atoms with Gasteiger partial charge in [0.2, 0.25) is 5.91 Å². The molecule has 0 saturated heterocycles. The van der Waals surface area contributed by atoms with E-state index in [1.54, 1.807) is 6.07 Å². The Morgan fingerprint density at radius 3 is 2.66 bits per heavy atom. The Balaban J connectivity index is 1.75. The highest BCUT2D eigenvalue weighted by Gasteiger charge is 2.13. The first-order chi connectivity index (χ1) is 13.9. The molecule has 0 saturated carbocycles. The molecule has 1 N–H and O–H groups in total. The summed E-state index contributed by atoms with van der Waals surface area (Å²) >= 11 is 7.20. The number of amides is 1. The molecule has 0 unspecified atom stereocenters. The molecule has 0 aliphatic heterocycles. The molecular weight excluding hydrogens is 413 g/mol. The van der Waals surface area contributed by atoms with Crippen molar-refractivity contribution in [2.24, 2.45) is 0 Å². The lowest BCUT2D eigenvalue weighted by atomic mass is 10.1. The Morgan fingerprint density at radius 2 is 1.97 bits per heavy atom. The molecule has 1 amide bonds. The van der Waals surface area contributed by atoms with Crippen LogP contribution in [0.4, 0.5) is 10.1 Å². The van der Waals surface area contributed by atoms with Gasteiger partial charge in [-0.25, -0.2) is 4.39 Å². The van der Waals surface area contributed by atoms with Gasteiger partial charge in [0, 0.05) is 23.4 Å². The Hall–Kier alpha value is -3.03. The van der Waals surface area contributed by atoms with Gasteiger partial charge in [-0.05, 0) is 41.5 Å². The van der Waals surface area contributed by atoms with Crippen LogP contribution in [-0.2, 0) is 11.3 Å². The van der Waals surface area contributed by atoms with Gasteiger partial charge in [0.25, 0.3) is 5.56 Å². The van der Waals surface area contributed by atoms with Gasteiger partial charge in [-0.15, -0.1) is 11.3 Å². The highest BCUT2D eigenvalue weighted by Crippen LogP contribution is 2.33. The number of carbonyl (C=O) groups is 1. The molecule has 0 bridgehead atoms. The van der Waals surface area contributed by atoms with E-state index < -0.39 is 5.82 Å². The number of fused-ring (bicyclic) bond motifs is 1. The molecule has 2 aromatic heterocycles. The monoisotopic (exact) mass is 427 g/mol. The molecule has 0 fully saturated rings. The maximum atomic E-state index is 14.3. The number of benzene rings is 2. The molecule has 0 radical (unpaired) electrons. The molecule has 29 heavy (non-hydrogen) atoms. The van der Waals surface area contributed by atoms with Crippen molar-refractivity contribution in [3.05, 3.63) is 81.6 Å². The van der Waals surface area contributed by atoms with Crippen molar-refractivity contribution in [2.45, 2.75) is 13.5 Å². The van der Waals surface area contributed by atoms with E-state index in [-0.39, 0.29) is 17.2 Å². The van der Waals surface area contributed by atoms with Crippen molar-refractivity contribution < 1.29 is 9.18 Å². The molecule has 4 aromatic rings. The fourth-order valence-electron chi connectivity index (χ4n) is 3.01. The molecule has 5 nitrogen and oxygen atoms in total. The van der Waals surface area contributed by atoms with Gasteiger partial charge in [0.05, 0.1) is 17.5 Å². The van der Waals surface area contributed by atoms with Crippen LogP contribution in [-0.4, -0.2) is 15.5 Å². The minimum Gasteiger partial charge on any atom is -0.326 e. The zero-order valence-electron chi connectivity index (χ0n) is 15.3. The van der Waals surface area contributed by atoms with Crippen molar-refractivity contribution in [3.8, 4) is 10.4 Å². The summed E-state index contributed by atoms with van der Waals surface area (Å²) in [7, 11) is 0. The third kappa shape index (κ3) is 4.06. The fourth-order valence-corrected chi connectivity index (χ4v) is 4.19. The first-order valence-electron chi connectivity index (χ1n) is 8.71. The van der Waals surface area contributed by atoms with Crippen LogP contribution in [0.25, 0.3) is 20.7 Å². The van der Waals surface area contributed by atoms with Crippen LogP contribution in [0.2, 0.25) is 5.02 Å². The van der Waals surface area contributed by atoms with Crippen molar-refractivity contribution in [1.29, 1.82) is 0 Å². The molecule has 0 atom stereocenters. The number of hydrogen-bond donors (Lipinski definition) is 1. The first kappa shape index (κ1) is 19.3. The van der Waals surface area contributed by atoms with Crippen LogP contribution >= 0.6 is 22.9 Å². The molecule has 8 heteroatoms. The Morgan fingerprint density at radius 1 is 1.21 bits per heavy atom. The van der Waals surface area contributed by atoms with E-state index in [0.29, 0.717) is 21.8 Å². The van der Waals surface area contributed by atoms with E-state index >= 15 is 0 Å². The number of nitrogens with one attached hydrogen (secondary N) is 1. The second-order valence-electron chi connectivity index (χ2n) is 6.50. The highest BCUT2D eigenvalue weighted by molar-refractivity contribution is 7.22. The van der Waals surface area contributed by atoms with Gasteiger partial charge in [-0.1, -0.05) is 29.8 Å². The van der Waals surface area contributed by atoms with Gasteiger partial charge in [-0.2, -0.15) is 4.98 Å². The van der Waals surface area contributed by atoms with E-state index in [2.05, 4.69) is 10.3 Å². The van der Waals surface area contributed by atoms with E-state index in [9.17, 15) is 14.0 Å². The molecule has 0 aliphatic rings. The standard InChI is InChI=1S/C21H15ClFN3O2S/c1-12(27)25-17-7-4-14(8-16(17)23)19-9-18-20(29-19)21(28)24-11-26(18)10-13-2-5-15(22)6-3-13/h2-9,11H,10H2,1H3,(H,25,27). The smallest absolute Gasteiger partial charge is 0.290 e. The first-order valence-corrected chi connectivity index (χ1v) is 9.91. The minimum atomic E-state index is -0.537. The summed E-state index contributed by atoms with van der Waals surface area (Å²) in [6.45, 7) is 1.84. The summed E-state index contributed by atoms with van der Waals surface area (Å²) in [6.07, 6.45) is 1.51. The topological polar surface area (TPSA) is 64.0 Å². The van der Waals surface area contributed by atoms with E-state index in [0.717, 1.165) is 16.0 Å². The quantitative estimate of drug-likeness (QED) is 0.502. The van der Waals surface area contributed by atoms with Gasteiger partial charge in [0.15, 0.2) is 0 Å². The largest absolute Gasteiger partial charge is 0.326 e. The third-order valence-corrected chi connectivity index (χ3v) is 5.77. The molecular formula is C21H15ClFN3O2S. The summed E-state index contributed by atoms with van der Waals surface area (Å²) in [5, 5.41) is 3.10. The van der Waals surface area contributed by atoms with Crippen molar-refractivity contribution in [2.75, 3.05) is 5.32 Å². The average Bonchev–Trinajstić information content (AvgIpc) is 3.14. The number of rotatable bonds is 4. The summed E-state index contributed by atoms with van der Waals surface area (Å²) in [6, 6.07) is 13.9. The number of nitrogens with zero attached hydrogens (tertiary/aromatic N) is 2. The summed E-state index contributed by atoms with van der Waals surface area (Å²) in [5.41, 5.74) is 2.16. The van der Waals surface area contributed by atoms with Crippen LogP contribution in [0.15, 0.2) is 59.7 Å². The van der Waals surface area contributed by atoms with Crippen LogP contribution < -0.4 is 10.9 Å². The lowest BCUT2D eigenvalue weighted by molar-refractivity contribution is -0.114. The predicted octanol–water partition coefficient (Wildman–Crippen LogP) is 4.92. The van der Waals surface area contributed by atoms with Crippen molar-refractivity contribution in [1.82, 2.24) is 9.55 Å². The number of anilines is 1. The second-order valence-corrected chi connectivity index (χ2v) is 7.99. The average molecular weight is 428 g/mol. The third-order valence-electron chi connectivity index (χ3n) is 4.36. The van der Waals surface area contributed by atoms with Crippen molar-refractivity contribution in [3.63, 3.8) is 0 Å². The summed E-state index contributed by atoms with van der Waals surface area (Å²) < 4.78 is 16.7. The molecule has 4 rings (SSSR count). The van der Waals surface area contributed by atoms with Gasteiger partial charge in [0.1, 0.15) is 10.5 Å². The van der Waals surface area contributed by atoms with Crippen LogP contribution in [0, 0.1) is 5.82 Å². The molecule has 2 heterocycles.